The van der Waals surface area contributed by atoms with E-state index in [9.17, 15) is 14.4 Å². The van der Waals surface area contributed by atoms with Gasteiger partial charge in [0, 0.05) is 5.02 Å². The largest absolute Gasteiger partial charge is 0.495 e. The minimum absolute atomic E-state index is 0.369. The monoisotopic (exact) mass is 409 g/mol. The number of ether oxygens (including phenoxy) is 1. The number of rotatable bonds is 10. The third-order valence-corrected chi connectivity index (χ3v) is 5.10. The first-order valence-corrected chi connectivity index (χ1v) is 9.96. The molecular weight excluding hydrogens is 382 g/mol. The van der Waals surface area contributed by atoms with E-state index in [1.54, 1.807) is 25.1 Å². The summed E-state index contributed by atoms with van der Waals surface area (Å²) in [6.45, 7) is 3.49. The van der Waals surface area contributed by atoms with Gasteiger partial charge in [-0.3, -0.25) is 14.5 Å². The Hall–Kier alpha value is -2.28. The molecule has 154 valence electrons. The van der Waals surface area contributed by atoms with E-state index in [2.05, 4.69) is 17.6 Å². The summed E-state index contributed by atoms with van der Waals surface area (Å²) in [7, 11) is 1.47. The average Bonchev–Trinajstić information content (AvgIpc) is 2.85. The average molecular weight is 410 g/mol. The predicted molar refractivity (Wildman–Crippen MR) is 109 cm³/mol. The van der Waals surface area contributed by atoms with Crippen LogP contribution < -0.4 is 15.4 Å². The summed E-state index contributed by atoms with van der Waals surface area (Å²) in [5.74, 6) is -0.440. The summed E-state index contributed by atoms with van der Waals surface area (Å²) in [6.07, 6.45) is 5.84. The number of carbonyl (C=O) groups excluding carboxylic acids is 3. The first-order chi connectivity index (χ1) is 13.3. The topological polar surface area (TPSA) is 87.7 Å². The van der Waals surface area contributed by atoms with Gasteiger partial charge in [-0.05, 0) is 31.5 Å². The summed E-state index contributed by atoms with van der Waals surface area (Å²) in [4.78, 5) is 38.4. The van der Waals surface area contributed by atoms with E-state index in [-0.39, 0.29) is 12.5 Å². The molecule has 0 aliphatic carbocycles. The van der Waals surface area contributed by atoms with Crippen molar-refractivity contribution in [3.8, 4) is 5.75 Å². The fourth-order valence-corrected chi connectivity index (χ4v) is 3.43. The maximum absolute atomic E-state index is 12.7. The molecule has 1 heterocycles. The van der Waals surface area contributed by atoms with Crippen LogP contribution in [0.1, 0.15) is 52.4 Å². The molecule has 4 amide bonds. The molecular formula is C20H28ClN3O4. The molecule has 1 fully saturated rings. The van der Waals surface area contributed by atoms with Crippen molar-refractivity contribution in [1.82, 2.24) is 10.2 Å². The third kappa shape index (κ3) is 5.38. The number of carbonyl (C=O) groups is 3. The molecule has 0 bridgehead atoms. The Morgan fingerprint density at radius 3 is 2.64 bits per heavy atom. The van der Waals surface area contributed by atoms with Crippen LogP contribution in [0.15, 0.2) is 18.2 Å². The van der Waals surface area contributed by atoms with Gasteiger partial charge in [0.05, 0.1) is 12.8 Å². The molecule has 0 unspecified atom stereocenters. The fraction of sp³-hybridized carbons (Fsp3) is 0.550. The van der Waals surface area contributed by atoms with Crippen LogP contribution in [0.3, 0.4) is 0 Å². The van der Waals surface area contributed by atoms with Crippen LogP contribution in [-0.4, -0.2) is 41.9 Å². The number of nitrogens with one attached hydrogen (secondary N) is 2. The number of hydrogen-bond acceptors (Lipinski definition) is 4. The van der Waals surface area contributed by atoms with Crippen molar-refractivity contribution in [3.63, 3.8) is 0 Å². The summed E-state index contributed by atoms with van der Waals surface area (Å²) < 4.78 is 5.19. The lowest BCUT2D eigenvalue weighted by molar-refractivity contribution is -0.133. The smallest absolute Gasteiger partial charge is 0.325 e. The summed E-state index contributed by atoms with van der Waals surface area (Å²) >= 11 is 5.96. The van der Waals surface area contributed by atoms with Crippen LogP contribution in [0.4, 0.5) is 10.5 Å². The minimum atomic E-state index is -0.961. The number of halogens is 1. The number of benzene rings is 1. The first-order valence-electron chi connectivity index (χ1n) is 9.58. The number of amides is 4. The highest BCUT2D eigenvalue weighted by atomic mass is 35.5. The van der Waals surface area contributed by atoms with Crippen LogP contribution in [0.5, 0.6) is 5.75 Å². The van der Waals surface area contributed by atoms with Gasteiger partial charge in [0.2, 0.25) is 5.91 Å². The minimum Gasteiger partial charge on any atom is -0.495 e. The van der Waals surface area contributed by atoms with E-state index in [1.807, 2.05) is 0 Å². The number of unbranched alkanes of at least 4 members (excludes halogenated alkanes) is 4. The van der Waals surface area contributed by atoms with E-state index in [0.717, 1.165) is 37.0 Å². The van der Waals surface area contributed by atoms with Crippen molar-refractivity contribution >= 4 is 35.1 Å². The van der Waals surface area contributed by atoms with Gasteiger partial charge in [0.1, 0.15) is 17.8 Å². The van der Waals surface area contributed by atoms with Crippen molar-refractivity contribution in [1.29, 1.82) is 0 Å². The molecule has 1 saturated heterocycles. The van der Waals surface area contributed by atoms with E-state index >= 15 is 0 Å². The van der Waals surface area contributed by atoms with Crippen LogP contribution in [0.2, 0.25) is 5.02 Å². The molecule has 0 spiro atoms. The molecule has 2 rings (SSSR count). The second-order valence-corrected chi connectivity index (χ2v) is 7.65. The Morgan fingerprint density at radius 1 is 1.25 bits per heavy atom. The number of hydrogen-bond donors (Lipinski definition) is 2. The van der Waals surface area contributed by atoms with Crippen molar-refractivity contribution in [2.24, 2.45) is 0 Å². The van der Waals surface area contributed by atoms with Gasteiger partial charge in [-0.2, -0.15) is 0 Å². The zero-order valence-corrected chi connectivity index (χ0v) is 17.4. The van der Waals surface area contributed by atoms with Gasteiger partial charge in [-0.1, -0.05) is 50.6 Å². The van der Waals surface area contributed by atoms with Gasteiger partial charge in [-0.15, -0.1) is 0 Å². The molecule has 7 nitrogen and oxygen atoms in total. The van der Waals surface area contributed by atoms with Crippen LogP contribution in [0, 0.1) is 0 Å². The molecule has 1 aromatic rings. The lowest BCUT2D eigenvalue weighted by atomic mass is 9.94. The number of anilines is 1. The summed E-state index contributed by atoms with van der Waals surface area (Å²) in [5.41, 5.74) is -0.581. The Bertz CT molecular complexity index is 740. The molecule has 1 aliphatic rings. The molecule has 28 heavy (non-hydrogen) atoms. The first kappa shape index (κ1) is 22.0. The molecule has 0 aromatic heterocycles. The van der Waals surface area contributed by atoms with Gasteiger partial charge in [0.25, 0.3) is 5.91 Å². The number of urea groups is 1. The maximum atomic E-state index is 12.7. The molecule has 0 saturated carbocycles. The maximum Gasteiger partial charge on any atom is 0.325 e. The quantitative estimate of drug-likeness (QED) is 0.452. The normalized spacial score (nSPS) is 18.9. The summed E-state index contributed by atoms with van der Waals surface area (Å²) in [5, 5.41) is 5.81. The zero-order chi connectivity index (χ0) is 20.7. The van der Waals surface area contributed by atoms with Crippen LogP contribution in [-0.2, 0) is 9.59 Å². The van der Waals surface area contributed by atoms with Crippen LogP contribution >= 0.6 is 11.6 Å². The third-order valence-electron chi connectivity index (χ3n) is 4.86. The van der Waals surface area contributed by atoms with Gasteiger partial charge < -0.3 is 15.4 Å². The highest BCUT2D eigenvalue weighted by Crippen LogP contribution is 2.28. The Balaban J connectivity index is 1.96. The second-order valence-electron chi connectivity index (χ2n) is 7.21. The summed E-state index contributed by atoms with van der Waals surface area (Å²) in [6, 6.07) is 4.26. The number of methoxy groups -OCH3 is 1. The zero-order valence-electron chi connectivity index (χ0n) is 16.6. The standard InChI is InChI=1S/C20H28ClN3O4/c1-4-5-6-7-8-11-20(2)18(26)24(19(27)23-20)13-17(25)22-15-12-14(21)9-10-16(15)28-3/h9-10,12H,4-8,11,13H2,1-3H3,(H,22,25)(H,23,27)/t20-/m1/s1. The van der Waals surface area contributed by atoms with Crippen LogP contribution in [0.25, 0.3) is 0 Å². The van der Waals surface area contributed by atoms with Crippen molar-refractivity contribution in [3.05, 3.63) is 23.2 Å². The Labute approximate surface area is 170 Å². The fourth-order valence-electron chi connectivity index (χ4n) is 3.25. The highest BCUT2D eigenvalue weighted by molar-refractivity contribution is 6.31. The lowest BCUT2D eigenvalue weighted by Gasteiger charge is -2.21. The highest BCUT2D eigenvalue weighted by Gasteiger charge is 2.47. The SMILES string of the molecule is CCCCCCC[C@@]1(C)NC(=O)N(CC(=O)Nc2cc(Cl)ccc2OC)C1=O. The number of imide groups is 1. The van der Waals surface area contributed by atoms with E-state index in [1.165, 1.54) is 7.11 Å². The predicted octanol–water partition coefficient (Wildman–Crippen LogP) is 3.96. The molecule has 8 heteroatoms. The van der Waals surface area contributed by atoms with Gasteiger partial charge in [-0.25, -0.2) is 4.79 Å². The molecule has 1 aliphatic heterocycles. The van der Waals surface area contributed by atoms with Gasteiger partial charge in [0.15, 0.2) is 0 Å². The molecule has 1 atom stereocenters. The van der Waals surface area contributed by atoms with Crippen molar-refractivity contribution in [2.45, 2.75) is 57.9 Å². The Kier molecular flexibility index (Phi) is 7.69. The van der Waals surface area contributed by atoms with Crippen molar-refractivity contribution in [2.75, 3.05) is 19.0 Å². The van der Waals surface area contributed by atoms with E-state index in [0.29, 0.717) is 22.9 Å². The Morgan fingerprint density at radius 2 is 1.96 bits per heavy atom. The number of nitrogens with zero attached hydrogens (tertiary/aromatic N) is 1. The van der Waals surface area contributed by atoms with Crippen molar-refractivity contribution < 1.29 is 19.1 Å². The molecule has 2 N–H and O–H groups in total. The van der Waals surface area contributed by atoms with Gasteiger partial charge >= 0.3 is 6.03 Å². The molecule has 0 radical (unpaired) electrons. The van der Waals surface area contributed by atoms with E-state index < -0.39 is 17.5 Å². The van der Waals surface area contributed by atoms with E-state index in [4.69, 9.17) is 16.3 Å². The lowest BCUT2D eigenvalue weighted by Crippen LogP contribution is -2.44. The molecule has 1 aromatic carbocycles. The second kappa shape index (κ2) is 9.78.